The molecule has 0 saturated heterocycles. The molecule has 0 amide bonds. The molecule has 1 aliphatic carbocycles. The van der Waals surface area contributed by atoms with Gasteiger partial charge in [-0.2, -0.15) is 13.2 Å². The minimum atomic E-state index is -4.01. The lowest BCUT2D eigenvalue weighted by atomic mass is 9.65. The summed E-state index contributed by atoms with van der Waals surface area (Å²) in [5, 5.41) is 0. The second-order valence-electron chi connectivity index (χ2n) is 4.15. The quantitative estimate of drug-likeness (QED) is 0.588. The standard InChI is InChI=1S/C10H17F3/c1-3-9(10(11,12)13)7-5-4-6-8(9)2/h8H,3-7H2,1-2H3. The molecule has 13 heavy (non-hydrogen) atoms. The largest absolute Gasteiger partial charge is 0.394 e. The van der Waals surface area contributed by atoms with Crippen LogP contribution in [0.4, 0.5) is 13.2 Å². The van der Waals surface area contributed by atoms with Crippen LogP contribution in [-0.4, -0.2) is 6.18 Å². The summed E-state index contributed by atoms with van der Waals surface area (Å²) in [6.45, 7) is 3.41. The molecule has 2 unspecified atom stereocenters. The molecule has 3 heteroatoms. The van der Waals surface area contributed by atoms with E-state index in [1.165, 1.54) is 0 Å². The number of hydrogen-bond donors (Lipinski definition) is 0. The molecule has 0 spiro atoms. The molecule has 0 radical (unpaired) electrons. The molecule has 0 aromatic rings. The summed E-state index contributed by atoms with van der Waals surface area (Å²) in [7, 11) is 0. The van der Waals surface area contributed by atoms with Crippen LogP contribution in [0, 0.1) is 11.3 Å². The van der Waals surface area contributed by atoms with E-state index in [-0.39, 0.29) is 12.3 Å². The number of alkyl halides is 3. The van der Waals surface area contributed by atoms with Gasteiger partial charge in [-0.15, -0.1) is 0 Å². The van der Waals surface area contributed by atoms with Crippen molar-refractivity contribution in [2.45, 2.75) is 52.1 Å². The van der Waals surface area contributed by atoms with Gasteiger partial charge in [-0.05, 0) is 25.2 Å². The Hall–Kier alpha value is -0.210. The van der Waals surface area contributed by atoms with Crippen LogP contribution in [0.5, 0.6) is 0 Å². The Bertz CT molecular complexity index is 173. The zero-order chi connectivity index (χ0) is 10.1. The van der Waals surface area contributed by atoms with E-state index in [1.807, 2.05) is 0 Å². The fourth-order valence-corrected chi connectivity index (χ4v) is 2.56. The number of rotatable bonds is 1. The van der Waals surface area contributed by atoms with Crippen molar-refractivity contribution in [3.8, 4) is 0 Å². The van der Waals surface area contributed by atoms with Gasteiger partial charge in [0.2, 0.25) is 0 Å². The van der Waals surface area contributed by atoms with Gasteiger partial charge in [-0.1, -0.05) is 26.7 Å². The van der Waals surface area contributed by atoms with Crippen molar-refractivity contribution in [2.75, 3.05) is 0 Å². The average Bonchev–Trinajstić information content (AvgIpc) is 2.03. The summed E-state index contributed by atoms with van der Waals surface area (Å²) in [5.41, 5.74) is -1.38. The molecule has 0 aliphatic heterocycles. The molecule has 1 rings (SSSR count). The second-order valence-corrected chi connectivity index (χ2v) is 4.15. The molecule has 78 valence electrons. The van der Waals surface area contributed by atoms with Gasteiger partial charge in [0, 0.05) is 0 Å². The Kier molecular flexibility index (Phi) is 2.93. The normalized spacial score (nSPS) is 36.2. The van der Waals surface area contributed by atoms with E-state index >= 15 is 0 Å². The van der Waals surface area contributed by atoms with E-state index in [2.05, 4.69) is 0 Å². The average molecular weight is 194 g/mol. The Morgan fingerprint density at radius 3 is 2.23 bits per heavy atom. The highest BCUT2D eigenvalue weighted by Gasteiger charge is 2.56. The highest BCUT2D eigenvalue weighted by Crippen LogP contribution is 2.54. The Balaban J connectivity index is 2.89. The monoisotopic (exact) mass is 194 g/mol. The van der Waals surface area contributed by atoms with Gasteiger partial charge in [0.1, 0.15) is 0 Å². The van der Waals surface area contributed by atoms with Gasteiger partial charge in [-0.25, -0.2) is 0 Å². The van der Waals surface area contributed by atoms with Gasteiger partial charge in [0.25, 0.3) is 0 Å². The first-order valence-corrected chi connectivity index (χ1v) is 5.01. The third kappa shape index (κ3) is 1.70. The topological polar surface area (TPSA) is 0 Å². The van der Waals surface area contributed by atoms with Crippen LogP contribution >= 0.6 is 0 Å². The van der Waals surface area contributed by atoms with Crippen molar-refractivity contribution in [3.63, 3.8) is 0 Å². The lowest BCUT2D eigenvalue weighted by Crippen LogP contribution is -2.44. The SMILES string of the molecule is CCC1(C(F)(F)F)CCCCC1C. The molecule has 0 nitrogen and oxygen atoms in total. The summed E-state index contributed by atoms with van der Waals surface area (Å²) in [4.78, 5) is 0. The first-order valence-electron chi connectivity index (χ1n) is 5.01. The Labute approximate surface area is 77.5 Å². The Morgan fingerprint density at radius 2 is 1.92 bits per heavy atom. The van der Waals surface area contributed by atoms with Crippen molar-refractivity contribution in [1.29, 1.82) is 0 Å². The molecular formula is C10H17F3. The maximum absolute atomic E-state index is 12.8. The molecule has 0 aromatic heterocycles. The maximum atomic E-state index is 12.8. The molecule has 0 heterocycles. The first-order chi connectivity index (χ1) is 5.94. The van der Waals surface area contributed by atoms with E-state index in [0.717, 1.165) is 19.3 Å². The molecule has 1 fully saturated rings. The maximum Gasteiger partial charge on any atom is 0.394 e. The van der Waals surface area contributed by atoms with Crippen molar-refractivity contribution in [1.82, 2.24) is 0 Å². The van der Waals surface area contributed by atoms with Gasteiger partial charge >= 0.3 is 6.18 Å². The number of hydrogen-bond acceptors (Lipinski definition) is 0. The summed E-state index contributed by atoms with van der Waals surface area (Å²) in [6, 6.07) is 0. The van der Waals surface area contributed by atoms with Gasteiger partial charge < -0.3 is 0 Å². The van der Waals surface area contributed by atoms with Crippen LogP contribution < -0.4 is 0 Å². The van der Waals surface area contributed by atoms with E-state index in [1.54, 1.807) is 13.8 Å². The summed E-state index contributed by atoms with van der Waals surface area (Å²) in [5.74, 6) is -0.203. The van der Waals surface area contributed by atoms with Crippen LogP contribution in [0.2, 0.25) is 0 Å². The molecule has 0 N–H and O–H groups in total. The van der Waals surface area contributed by atoms with Gasteiger partial charge in [0.05, 0.1) is 5.41 Å². The minimum absolute atomic E-state index is 0.203. The molecule has 0 aromatic carbocycles. The smallest absolute Gasteiger partial charge is 0.170 e. The van der Waals surface area contributed by atoms with Crippen LogP contribution in [0.25, 0.3) is 0 Å². The molecule has 1 saturated carbocycles. The summed E-state index contributed by atoms with van der Waals surface area (Å²) in [6.07, 6.45) is -1.03. The highest BCUT2D eigenvalue weighted by molar-refractivity contribution is 4.92. The van der Waals surface area contributed by atoms with Gasteiger partial charge in [-0.3, -0.25) is 0 Å². The minimum Gasteiger partial charge on any atom is -0.170 e. The lowest BCUT2D eigenvalue weighted by Gasteiger charge is -2.43. The van der Waals surface area contributed by atoms with Crippen molar-refractivity contribution < 1.29 is 13.2 Å². The predicted octanol–water partition coefficient (Wildman–Crippen LogP) is 4.16. The van der Waals surface area contributed by atoms with Crippen LogP contribution in [-0.2, 0) is 0 Å². The van der Waals surface area contributed by atoms with Gasteiger partial charge in [0.15, 0.2) is 0 Å². The third-order valence-corrected chi connectivity index (χ3v) is 3.65. The Morgan fingerprint density at radius 1 is 1.31 bits per heavy atom. The van der Waals surface area contributed by atoms with E-state index in [4.69, 9.17) is 0 Å². The second kappa shape index (κ2) is 3.50. The van der Waals surface area contributed by atoms with E-state index in [0.29, 0.717) is 6.42 Å². The molecule has 0 bridgehead atoms. The van der Waals surface area contributed by atoms with Crippen LogP contribution in [0.3, 0.4) is 0 Å². The fraction of sp³-hybridized carbons (Fsp3) is 1.00. The molecule has 2 atom stereocenters. The zero-order valence-electron chi connectivity index (χ0n) is 8.25. The van der Waals surface area contributed by atoms with Crippen molar-refractivity contribution in [2.24, 2.45) is 11.3 Å². The van der Waals surface area contributed by atoms with Crippen molar-refractivity contribution in [3.05, 3.63) is 0 Å². The van der Waals surface area contributed by atoms with E-state index in [9.17, 15) is 13.2 Å². The van der Waals surface area contributed by atoms with Crippen molar-refractivity contribution >= 4 is 0 Å². The third-order valence-electron chi connectivity index (χ3n) is 3.65. The lowest BCUT2D eigenvalue weighted by molar-refractivity contribution is -0.252. The molecule has 1 aliphatic rings. The molecular weight excluding hydrogens is 177 g/mol. The summed E-state index contributed by atoms with van der Waals surface area (Å²) < 4.78 is 38.5. The fourth-order valence-electron chi connectivity index (χ4n) is 2.56. The number of halogens is 3. The summed E-state index contributed by atoms with van der Waals surface area (Å²) >= 11 is 0. The first kappa shape index (κ1) is 10.9. The van der Waals surface area contributed by atoms with Crippen LogP contribution in [0.1, 0.15) is 46.0 Å². The van der Waals surface area contributed by atoms with E-state index < -0.39 is 11.6 Å². The zero-order valence-corrected chi connectivity index (χ0v) is 8.25. The highest BCUT2D eigenvalue weighted by atomic mass is 19.4. The van der Waals surface area contributed by atoms with Crippen LogP contribution in [0.15, 0.2) is 0 Å². The predicted molar refractivity (Wildman–Crippen MR) is 46.4 cm³/mol.